The molecule has 0 atom stereocenters. The van der Waals surface area contributed by atoms with Crippen LogP contribution >= 0.6 is 11.8 Å². The molecule has 3 heteroatoms. The zero-order valence-corrected chi connectivity index (χ0v) is 13.1. The SMILES string of the molecule is Cc1cc(C)cc(CSc2ccnc3cc(N)ccc23)c1. The highest BCUT2D eigenvalue weighted by molar-refractivity contribution is 7.98. The van der Waals surface area contributed by atoms with E-state index in [4.69, 9.17) is 5.73 Å². The minimum absolute atomic E-state index is 0.756. The van der Waals surface area contributed by atoms with E-state index in [0.29, 0.717) is 0 Å². The summed E-state index contributed by atoms with van der Waals surface area (Å²) in [6.45, 7) is 4.29. The van der Waals surface area contributed by atoms with E-state index in [0.717, 1.165) is 17.0 Å². The number of fused-ring (bicyclic) bond motifs is 1. The molecule has 0 aliphatic heterocycles. The van der Waals surface area contributed by atoms with Crippen LogP contribution in [0.2, 0.25) is 0 Å². The number of benzene rings is 2. The lowest BCUT2D eigenvalue weighted by Crippen LogP contribution is -1.88. The van der Waals surface area contributed by atoms with Gasteiger partial charge in [-0.1, -0.05) is 29.3 Å². The van der Waals surface area contributed by atoms with Gasteiger partial charge in [0.25, 0.3) is 0 Å². The Bertz CT molecular complexity index is 776. The average molecular weight is 294 g/mol. The van der Waals surface area contributed by atoms with Crippen molar-refractivity contribution in [2.75, 3.05) is 5.73 Å². The zero-order chi connectivity index (χ0) is 14.8. The lowest BCUT2D eigenvalue weighted by molar-refractivity contribution is 1.29. The highest BCUT2D eigenvalue weighted by atomic mass is 32.2. The van der Waals surface area contributed by atoms with Crippen LogP contribution in [0.15, 0.2) is 53.6 Å². The number of aromatic nitrogens is 1. The molecule has 0 fully saturated rings. The predicted molar refractivity (Wildman–Crippen MR) is 91.6 cm³/mol. The summed E-state index contributed by atoms with van der Waals surface area (Å²) in [5.74, 6) is 0.964. The fraction of sp³-hybridized carbons (Fsp3) is 0.167. The third-order valence-electron chi connectivity index (χ3n) is 3.40. The van der Waals surface area contributed by atoms with Crippen LogP contribution in [-0.4, -0.2) is 4.98 Å². The highest BCUT2D eigenvalue weighted by Crippen LogP contribution is 2.30. The number of nitrogen functional groups attached to an aromatic ring is 1. The summed E-state index contributed by atoms with van der Waals surface area (Å²) in [6.07, 6.45) is 1.85. The Kier molecular flexibility index (Phi) is 3.84. The maximum Gasteiger partial charge on any atom is 0.0733 e. The van der Waals surface area contributed by atoms with Gasteiger partial charge in [0.1, 0.15) is 0 Å². The van der Waals surface area contributed by atoms with Crippen molar-refractivity contribution >= 4 is 28.4 Å². The molecule has 0 aliphatic carbocycles. The number of rotatable bonds is 3. The van der Waals surface area contributed by atoms with Crippen LogP contribution in [0, 0.1) is 13.8 Å². The number of aryl methyl sites for hydroxylation is 2. The standard InChI is InChI=1S/C18H18N2S/c1-12-7-13(2)9-14(8-12)11-21-18-5-6-20-17-10-15(19)3-4-16(17)18/h3-10H,11,19H2,1-2H3. The molecule has 0 radical (unpaired) electrons. The van der Waals surface area contributed by atoms with Crippen LogP contribution in [-0.2, 0) is 5.75 Å². The predicted octanol–water partition coefficient (Wildman–Crippen LogP) is 4.73. The van der Waals surface area contributed by atoms with Gasteiger partial charge in [-0.25, -0.2) is 0 Å². The van der Waals surface area contributed by atoms with Crippen molar-refractivity contribution in [1.29, 1.82) is 0 Å². The molecule has 3 rings (SSSR count). The summed E-state index contributed by atoms with van der Waals surface area (Å²) in [7, 11) is 0. The maximum absolute atomic E-state index is 5.83. The highest BCUT2D eigenvalue weighted by Gasteiger charge is 2.04. The lowest BCUT2D eigenvalue weighted by atomic mass is 10.1. The number of pyridine rings is 1. The van der Waals surface area contributed by atoms with Crippen molar-refractivity contribution in [3.8, 4) is 0 Å². The molecule has 0 spiro atoms. The first-order chi connectivity index (χ1) is 10.1. The molecule has 0 aliphatic rings. The summed E-state index contributed by atoms with van der Waals surface area (Å²) < 4.78 is 0. The first-order valence-electron chi connectivity index (χ1n) is 6.96. The lowest BCUT2D eigenvalue weighted by Gasteiger charge is -2.08. The monoisotopic (exact) mass is 294 g/mol. The normalized spacial score (nSPS) is 11.0. The number of anilines is 1. The van der Waals surface area contributed by atoms with Gasteiger partial charge in [0.05, 0.1) is 5.52 Å². The first kappa shape index (κ1) is 14.0. The van der Waals surface area contributed by atoms with Gasteiger partial charge < -0.3 is 5.73 Å². The van der Waals surface area contributed by atoms with Crippen molar-refractivity contribution in [3.63, 3.8) is 0 Å². The molecule has 0 saturated heterocycles. The van der Waals surface area contributed by atoms with E-state index in [1.165, 1.54) is 27.0 Å². The smallest absolute Gasteiger partial charge is 0.0733 e. The largest absolute Gasteiger partial charge is 0.399 e. The van der Waals surface area contributed by atoms with Crippen LogP contribution in [0.25, 0.3) is 10.9 Å². The molecule has 0 unspecified atom stereocenters. The van der Waals surface area contributed by atoms with E-state index in [1.807, 2.05) is 30.1 Å². The van der Waals surface area contributed by atoms with Crippen LogP contribution in [0.3, 0.4) is 0 Å². The average Bonchev–Trinajstić information content (AvgIpc) is 2.43. The first-order valence-corrected chi connectivity index (χ1v) is 7.94. The van der Waals surface area contributed by atoms with E-state index >= 15 is 0 Å². The molecule has 106 valence electrons. The van der Waals surface area contributed by atoms with Gasteiger partial charge in [0, 0.05) is 27.9 Å². The van der Waals surface area contributed by atoms with Crippen molar-refractivity contribution in [3.05, 3.63) is 65.4 Å². The molecular weight excluding hydrogens is 276 g/mol. The van der Waals surface area contributed by atoms with Gasteiger partial charge in [-0.2, -0.15) is 0 Å². The third kappa shape index (κ3) is 3.19. The van der Waals surface area contributed by atoms with Crippen LogP contribution in [0.1, 0.15) is 16.7 Å². The number of nitrogens with zero attached hydrogens (tertiary/aromatic N) is 1. The molecule has 1 aromatic heterocycles. The van der Waals surface area contributed by atoms with E-state index in [1.54, 1.807) is 0 Å². The Labute approximate surface area is 129 Å². The molecule has 2 N–H and O–H groups in total. The summed E-state index contributed by atoms with van der Waals surface area (Å²) in [5, 5.41) is 1.17. The second kappa shape index (κ2) is 5.78. The Morgan fingerprint density at radius 1 is 1.00 bits per heavy atom. The minimum Gasteiger partial charge on any atom is -0.399 e. The van der Waals surface area contributed by atoms with Crippen LogP contribution < -0.4 is 5.73 Å². The number of hydrogen-bond acceptors (Lipinski definition) is 3. The number of thioether (sulfide) groups is 1. The number of nitrogens with two attached hydrogens (primary N) is 1. The maximum atomic E-state index is 5.83. The van der Waals surface area contributed by atoms with Crippen LogP contribution in [0.4, 0.5) is 5.69 Å². The van der Waals surface area contributed by atoms with Gasteiger partial charge in [0.2, 0.25) is 0 Å². The van der Waals surface area contributed by atoms with E-state index in [-0.39, 0.29) is 0 Å². The van der Waals surface area contributed by atoms with Gasteiger partial charge in [-0.15, -0.1) is 11.8 Å². The Balaban J connectivity index is 1.88. The second-order valence-electron chi connectivity index (χ2n) is 5.37. The van der Waals surface area contributed by atoms with E-state index in [2.05, 4.69) is 49.2 Å². The Hall–Kier alpha value is -2.00. The van der Waals surface area contributed by atoms with Crippen LogP contribution in [0.5, 0.6) is 0 Å². The summed E-state index contributed by atoms with van der Waals surface area (Å²) in [5.41, 5.74) is 11.5. The van der Waals surface area contributed by atoms with E-state index in [9.17, 15) is 0 Å². The Morgan fingerprint density at radius 2 is 1.76 bits per heavy atom. The van der Waals surface area contributed by atoms with Gasteiger partial charge >= 0.3 is 0 Å². The fourth-order valence-electron chi connectivity index (χ4n) is 2.58. The molecule has 2 nitrogen and oxygen atoms in total. The summed E-state index contributed by atoms with van der Waals surface area (Å²) >= 11 is 1.85. The molecule has 3 aromatic rings. The number of hydrogen-bond donors (Lipinski definition) is 1. The molecule has 0 amide bonds. The van der Waals surface area contributed by atoms with Crippen molar-refractivity contribution in [2.45, 2.75) is 24.5 Å². The fourth-order valence-corrected chi connectivity index (χ4v) is 3.55. The molecule has 21 heavy (non-hydrogen) atoms. The summed E-state index contributed by atoms with van der Waals surface area (Å²) in [4.78, 5) is 5.64. The van der Waals surface area contributed by atoms with Crippen molar-refractivity contribution in [2.24, 2.45) is 0 Å². The van der Waals surface area contributed by atoms with Crippen molar-refractivity contribution in [1.82, 2.24) is 4.98 Å². The molecule has 0 bridgehead atoms. The van der Waals surface area contributed by atoms with Gasteiger partial charge in [-0.3, -0.25) is 4.98 Å². The van der Waals surface area contributed by atoms with Gasteiger partial charge in [0.15, 0.2) is 0 Å². The van der Waals surface area contributed by atoms with Crippen molar-refractivity contribution < 1.29 is 0 Å². The zero-order valence-electron chi connectivity index (χ0n) is 12.3. The molecular formula is C18H18N2S. The van der Waals surface area contributed by atoms with E-state index < -0.39 is 0 Å². The van der Waals surface area contributed by atoms with Gasteiger partial charge in [-0.05, 0) is 43.7 Å². The summed E-state index contributed by atoms with van der Waals surface area (Å²) in [6, 6.07) is 14.7. The second-order valence-corrected chi connectivity index (χ2v) is 6.39. The topological polar surface area (TPSA) is 38.9 Å². The third-order valence-corrected chi connectivity index (χ3v) is 4.55. The quantitative estimate of drug-likeness (QED) is 0.561. The molecule has 2 aromatic carbocycles. The molecule has 0 saturated carbocycles. The Morgan fingerprint density at radius 3 is 2.52 bits per heavy atom. The molecule has 1 heterocycles. The minimum atomic E-state index is 0.756.